The minimum atomic E-state index is 0.0505. The molecular weight excluding hydrogens is 324 g/mol. The molecule has 1 heterocycles. The lowest BCUT2D eigenvalue weighted by Gasteiger charge is -2.28. The summed E-state index contributed by atoms with van der Waals surface area (Å²) in [4.78, 5) is 14.9. The second-order valence-corrected chi connectivity index (χ2v) is 7.00. The van der Waals surface area contributed by atoms with Crippen LogP contribution in [0.15, 0.2) is 48.5 Å². The molecule has 4 nitrogen and oxygen atoms in total. The minimum absolute atomic E-state index is 0.0505. The molecule has 2 aromatic rings. The van der Waals surface area contributed by atoms with Crippen LogP contribution < -0.4 is 10.1 Å². The number of aryl methyl sites for hydroxylation is 1. The summed E-state index contributed by atoms with van der Waals surface area (Å²) in [6.45, 7) is 4.95. The Bertz CT molecular complexity index is 721. The summed E-state index contributed by atoms with van der Waals surface area (Å²) < 4.78 is 5.23. The van der Waals surface area contributed by atoms with Crippen LogP contribution in [0.3, 0.4) is 0 Å². The summed E-state index contributed by atoms with van der Waals surface area (Å²) in [6.07, 6.45) is 2.85. The van der Waals surface area contributed by atoms with E-state index in [-0.39, 0.29) is 11.9 Å². The molecule has 138 valence electrons. The lowest BCUT2D eigenvalue weighted by molar-refractivity contribution is -0.120. The number of ether oxygens (including phenoxy) is 1. The average molecular weight is 352 g/mol. The van der Waals surface area contributed by atoms with E-state index in [1.807, 2.05) is 24.3 Å². The number of rotatable bonds is 7. The highest BCUT2D eigenvalue weighted by molar-refractivity contribution is 5.78. The van der Waals surface area contributed by atoms with Crippen molar-refractivity contribution in [1.29, 1.82) is 0 Å². The van der Waals surface area contributed by atoms with Gasteiger partial charge in [0.1, 0.15) is 5.75 Å². The molecule has 1 amide bonds. The van der Waals surface area contributed by atoms with Crippen molar-refractivity contribution in [2.45, 2.75) is 32.2 Å². The Hall–Kier alpha value is -2.33. The van der Waals surface area contributed by atoms with Gasteiger partial charge in [-0.25, -0.2) is 0 Å². The molecule has 3 rings (SSSR count). The first-order valence-corrected chi connectivity index (χ1v) is 9.36. The van der Waals surface area contributed by atoms with Gasteiger partial charge < -0.3 is 10.1 Å². The third kappa shape index (κ3) is 4.85. The van der Waals surface area contributed by atoms with Crippen LogP contribution in [0, 0.1) is 6.92 Å². The topological polar surface area (TPSA) is 41.6 Å². The van der Waals surface area contributed by atoms with E-state index in [0.29, 0.717) is 13.0 Å². The Balaban J connectivity index is 1.63. The molecule has 0 spiro atoms. The molecule has 1 aliphatic heterocycles. The summed E-state index contributed by atoms with van der Waals surface area (Å²) in [7, 11) is 1.64. The van der Waals surface area contributed by atoms with Crippen molar-refractivity contribution in [1.82, 2.24) is 10.2 Å². The molecule has 2 aromatic carbocycles. The van der Waals surface area contributed by atoms with Crippen molar-refractivity contribution < 1.29 is 9.53 Å². The fourth-order valence-corrected chi connectivity index (χ4v) is 3.54. The van der Waals surface area contributed by atoms with Crippen LogP contribution in [0.5, 0.6) is 5.75 Å². The first kappa shape index (κ1) is 18.5. The van der Waals surface area contributed by atoms with E-state index in [4.69, 9.17) is 4.74 Å². The van der Waals surface area contributed by atoms with E-state index < -0.39 is 0 Å². The number of benzene rings is 2. The monoisotopic (exact) mass is 352 g/mol. The van der Waals surface area contributed by atoms with Gasteiger partial charge in [0.2, 0.25) is 5.91 Å². The van der Waals surface area contributed by atoms with Gasteiger partial charge in [-0.05, 0) is 56.1 Å². The summed E-state index contributed by atoms with van der Waals surface area (Å²) in [5.74, 6) is 0.833. The standard InChI is InChI=1S/C22H28N2O2/c1-17-8-10-19(11-9-17)21(24-12-3-4-13-24)16-23-22(25)15-18-6-5-7-20(14-18)26-2/h5-11,14,21H,3-4,12-13,15-16H2,1-2H3,(H,23,25). The highest BCUT2D eigenvalue weighted by Gasteiger charge is 2.23. The third-order valence-electron chi connectivity index (χ3n) is 5.03. The smallest absolute Gasteiger partial charge is 0.224 e. The molecule has 4 heteroatoms. The van der Waals surface area contributed by atoms with Gasteiger partial charge in [0, 0.05) is 6.54 Å². The van der Waals surface area contributed by atoms with Crippen LogP contribution in [0.4, 0.5) is 0 Å². The highest BCUT2D eigenvalue weighted by Crippen LogP contribution is 2.25. The highest BCUT2D eigenvalue weighted by atomic mass is 16.5. The maximum Gasteiger partial charge on any atom is 0.224 e. The molecule has 0 aromatic heterocycles. The first-order chi connectivity index (χ1) is 12.7. The van der Waals surface area contributed by atoms with Crippen LogP contribution in [-0.2, 0) is 11.2 Å². The number of hydrogen-bond donors (Lipinski definition) is 1. The average Bonchev–Trinajstić information content (AvgIpc) is 3.18. The van der Waals surface area contributed by atoms with E-state index in [1.165, 1.54) is 24.0 Å². The normalized spacial score (nSPS) is 15.6. The van der Waals surface area contributed by atoms with Gasteiger partial charge >= 0.3 is 0 Å². The minimum Gasteiger partial charge on any atom is -0.497 e. The number of amides is 1. The third-order valence-corrected chi connectivity index (χ3v) is 5.03. The van der Waals surface area contributed by atoms with Crippen LogP contribution in [0.25, 0.3) is 0 Å². The van der Waals surface area contributed by atoms with Crippen LogP contribution in [-0.4, -0.2) is 37.6 Å². The Kier molecular flexibility index (Phi) is 6.29. The van der Waals surface area contributed by atoms with E-state index in [0.717, 1.165) is 24.4 Å². The maximum absolute atomic E-state index is 12.4. The number of carbonyl (C=O) groups excluding carboxylic acids is 1. The Labute approximate surface area is 156 Å². The molecule has 1 fully saturated rings. The van der Waals surface area contributed by atoms with Gasteiger partial charge in [-0.2, -0.15) is 0 Å². The van der Waals surface area contributed by atoms with Crippen molar-refractivity contribution in [3.63, 3.8) is 0 Å². The van der Waals surface area contributed by atoms with Gasteiger partial charge in [0.05, 0.1) is 19.6 Å². The summed E-state index contributed by atoms with van der Waals surface area (Å²) in [6, 6.07) is 16.6. The zero-order valence-corrected chi connectivity index (χ0v) is 15.7. The molecule has 0 aliphatic carbocycles. The molecule has 26 heavy (non-hydrogen) atoms. The lowest BCUT2D eigenvalue weighted by Crippen LogP contribution is -2.37. The van der Waals surface area contributed by atoms with Gasteiger partial charge in [-0.1, -0.05) is 42.0 Å². The number of nitrogens with one attached hydrogen (secondary N) is 1. The molecule has 1 N–H and O–H groups in total. The van der Waals surface area contributed by atoms with Crippen LogP contribution in [0.2, 0.25) is 0 Å². The maximum atomic E-state index is 12.4. The SMILES string of the molecule is COc1cccc(CC(=O)NCC(c2ccc(C)cc2)N2CCCC2)c1. The van der Waals surface area contributed by atoms with E-state index >= 15 is 0 Å². The zero-order chi connectivity index (χ0) is 18.4. The van der Waals surface area contributed by atoms with Crippen molar-refractivity contribution in [2.24, 2.45) is 0 Å². The fourth-order valence-electron chi connectivity index (χ4n) is 3.54. The van der Waals surface area contributed by atoms with Crippen molar-refractivity contribution in [2.75, 3.05) is 26.7 Å². The lowest BCUT2D eigenvalue weighted by atomic mass is 10.0. The second kappa shape index (κ2) is 8.86. The Morgan fingerprint density at radius 3 is 2.58 bits per heavy atom. The van der Waals surface area contributed by atoms with Gasteiger partial charge in [0.15, 0.2) is 0 Å². The Morgan fingerprint density at radius 1 is 1.15 bits per heavy atom. The largest absolute Gasteiger partial charge is 0.497 e. The molecule has 1 aliphatic rings. The zero-order valence-electron chi connectivity index (χ0n) is 15.7. The van der Waals surface area contributed by atoms with Crippen molar-refractivity contribution >= 4 is 5.91 Å². The number of likely N-dealkylation sites (tertiary alicyclic amines) is 1. The summed E-state index contributed by atoms with van der Waals surface area (Å²) >= 11 is 0. The van der Waals surface area contributed by atoms with E-state index in [1.54, 1.807) is 7.11 Å². The number of nitrogens with zero attached hydrogens (tertiary/aromatic N) is 1. The van der Waals surface area contributed by atoms with E-state index in [9.17, 15) is 4.79 Å². The predicted molar refractivity (Wildman–Crippen MR) is 104 cm³/mol. The number of hydrogen-bond acceptors (Lipinski definition) is 3. The number of carbonyl (C=O) groups is 1. The first-order valence-electron chi connectivity index (χ1n) is 9.36. The number of methoxy groups -OCH3 is 1. The molecule has 1 unspecified atom stereocenters. The fraction of sp³-hybridized carbons (Fsp3) is 0.409. The van der Waals surface area contributed by atoms with Gasteiger partial charge in [0.25, 0.3) is 0 Å². The summed E-state index contributed by atoms with van der Waals surface area (Å²) in [5.41, 5.74) is 3.50. The van der Waals surface area contributed by atoms with Crippen molar-refractivity contribution in [3.8, 4) is 5.75 Å². The van der Waals surface area contributed by atoms with Gasteiger partial charge in [-0.3, -0.25) is 9.69 Å². The van der Waals surface area contributed by atoms with E-state index in [2.05, 4.69) is 41.4 Å². The van der Waals surface area contributed by atoms with Crippen LogP contribution >= 0.6 is 0 Å². The second-order valence-electron chi connectivity index (χ2n) is 7.00. The molecule has 0 saturated carbocycles. The predicted octanol–water partition coefficient (Wildman–Crippen LogP) is 3.50. The Morgan fingerprint density at radius 2 is 1.88 bits per heavy atom. The molecule has 0 radical (unpaired) electrons. The molecule has 1 saturated heterocycles. The molecular formula is C22H28N2O2. The van der Waals surface area contributed by atoms with Crippen LogP contribution in [0.1, 0.15) is 35.6 Å². The quantitative estimate of drug-likeness (QED) is 0.829. The van der Waals surface area contributed by atoms with Gasteiger partial charge in [-0.15, -0.1) is 0 Å². The summed E-state index contributed by atoms with van der Waals surface area (Å²) in [5, 5.41) is 3.14. The molecule has 1 atom stereocenters. The van der Waals surface area contributed by atoms with Crippen molar-refractivity contribution in [3.05, 3.63) is 65.2 Å². The molecule has 0 bridgehead atoms.